The van der Waals surface area contributed by atoms with Gasteiger partial charge >= 0.3 is 0 Å². The van der Waals surface area contributed by atoms with Gasteiger partial charge < -0.3 is 4.74 Å². The van der Waals surface area contributed by atoms with Gasteiger partial charge in [-0.3, -0.25) is 0 Å². The van der Waals surface area contributed by atoms with Gasteiger partial charge in [0.25, 0.3) is 0 Å². The third-order valence-corrected chi connectivity index (χ3v) is 4.80. The molecule has 0 aliphatic carbocycles. The molecule has 27 heavy (non-hydrogen) atoms. The second kappa shape index (κ2) is 8.73. The SMILES string of the molecule is CCCCOc1ccc(-c2ccc(-c3ccc(Cl)cc3)c(Cl)c2)c(F)c1F. The van der Waals surface area contributed by atoms with Gasteiger partial charge in [-0.2, -0.15) is 4.39 Å². The lowest BCUT2D eigenvalue weighted by atomic mass is 9.99. The summed E-state index contributed by atoms with van der Waals surface area (Å²) in [6.45, 7) is 2.36. The number of ether oxygens (including phenoxy) is 1. The van der Waals surface area contributed by atoms with Crippen LogP contribution in [0.3, 0.4) is 0 Å². The first-order valence-corrected chi connectivity index (χ1v) is 9.43. The van der Waals surface area contributed by atoms with E-state index in [1.807, 2.05) is 19.1 Å². The summed E-state index contributed by atoms with van der Waals surface area (Å²) in [4.78, 5) is 0. The van der Waals surface area contributed by atoms with Crippen molar-refractivity contribution in [3.8, 4) is 28.0 Å². The molecule has 1 nitrogen and oxygen atoms in total. The quantitative estimate of drug-likeness (QED) is 0.379. The third kappa shape index (κ3) is 4.42. The van der Waals surface area contributed by atoms with Crippen LogP contribution in [0.5, 0.6) is 5.75 Å². The first-order chi connectivity index (χ1) is 13.0. The van der Waals surface area contributed by atoms with Gasteiger partial charge in [0.05, 0.1) is 6.61 Å². The lowest BCUT2D eigenvalue weighted by molar-refractivity contribution is 0.289. The van der Waals surface area contributed by atoms with Gasteiger partial charge in [-0.05, 0) is 47.9 Å². The Morgan fingerprint density at radius 2 is 1.48 bits per heavy atom. The zero-order valence-corrected chi connectivity index (χ0v) is 16.2. The van der Waals surface area contributed by atoms with Crippen LogP contribution in [0.15, 0.2) is 54.6 Å². The van der Waals surface area contributed by atoms with Crippen molar-refractivity contribution in [2.75, 3.05) is 6.61 Å². The van der Waals surface area contributed by atoms with E-state index in [0.29, 0.717) is 22.2 Å². The second-order valence-electron chi connectivity index (χ2n) is 6.14. The van der Waals surface area contributed by atoms with Crippen LogP contribution in [0.1, 0.15) is 19.8 Å². The number of benzene rings is 3. The molecule has 0 atom stereocenters. The number of unbranched alkanes of at least 4 members (excludes halogenated alkanes) is 1. The second-order valence-corrected chi connectivity index (χ2v) is 6.99. The van der Waals surface area contributed by atoms with E-state index >= 15 is 0 Å². The van der Waals surface area contributed by atoms with Crippen LogP contribution in [-0.4, -0.2) is 6.61 Å². The van der Waals surface area contributed by atoms with Gasteiger partial charge in [0.2, 0.25) is 5.82 Å². The summed E-state index contributed by atoms with van der Waals surface area (Å²) < 4.78 is 34.2. The molecule has 3 rings (SSSR count). The van der Waals surface area contributed by atoms with Crippen LogP contribution in [-0.2, 0) is 0 Å². The van der Waals surface area contributed by atoms with Crippen molar-refractivity contribution in [2.45, 2.75) is 19.8 Å². The van der Waals surface area contributed by atoms with E-state index in [4.69, 9.17) is 27.9 Å². The Balaban J connectivity index is 1.91. The molecule has 0 fully saturated rings. The summed E-state index contributed by atoms with van der Waals surface area (Å²) >= 11 is 12.3. The normalized spacial score (nSPS) is 10.9. The molecule has 0 spiro atoms. The Labute approximate surface area is 167 Å². The monoisotopic (exact) mass is 406 g/mol. The standard InChI is InChI=1S/C22H18Cl2F2O/c1-2-3-12-27-20-11-10-18(21(25)22(20)26)15-6-9-17(19(24)13-15)14-4-7-16(23)8-5-14/h4-11,13H,2-3,12H2,1H3. The van der Waals surface area contributed by atoms with Gasteiger partial charge in [-0.25, -0.2) is 4.39 Å². The highest BCUT2D eigenvalue weighted by atomic mass is 35.5. The maximum atomic E-state index is 14.5. The molecule has 0 aliphatic heterocycles. The van der Waals surface area contributed by atoms with Gasteiger partial charge in [0.15, 0.2) is 11.6 Å². The fourth-order valence-electron chi connectivity index (χ4n) is 2.74. The van der Waals surface area contributed by atoms with Crippen LogP contribution in [0, 0.1) is 11.6 Å². The molecular weight excluding hydrogens is 389 g/mol. The summed E-state index contributed by atoms with van der Waals surface area (Å²) in [5, 5.41) is 1.07. The van der Waals surface area contributed by atoms with Gasteiger partial charge in [-0.15, -0.1) is 0 Å². The van der Waals surface area contributed by atoms with Crippen LogP contribution in [0.25, 0.3) is 22.3 Å². The van der Waals surface area contributed by atoms with Crippen LogP contribution in [0.4, 0.5) is 8.78 Å². The summed E-state index contributed by atoms with van der Waals surface area (Å²) in [6, 6.07) is 15.3. The minimum atomic E-state index is -0.985. The molecule has 0 bridgehead atoms. The zero-order chi connectivity index (χ0) is 19.4. The van der Waals surface area contributed by atoms with Crippen molar-refractivity contribution >= 4 is 23.2 Å². The summed E-state index contributed by atoms with van der Waals surface area (Å²) in [7, 11) is 0. The first-order valence-electron chi connectivity index (χ1n) is 8.68. The fraction of sp³-hybridized carbons (Fsp3) is 0.182. The van der Waals surface area contributed by atoms with Crippen molar-refractivity contribution in [1.29, 1.82) is 0 Å². The average Bonchev–Trinajstić information content (AvgIpc) is 2.66. The Hall–Kier alpha value is -2.10. The van der Waals surface area contributed by atoms with Crippen molar-refractivity contribution < 1.29 is 13.5 Å². The van der Waals surface area contributed by atoms with Crippen LogP contribution < -0.4 is 4.74 Å². The molecule has 3 aromatic carbocycles. The predicted molar refractivity (Wildman–Crippen MR) is 108 cm³/mol. The molecule has 3 aromatic rings. The number of halogens is 4. The lowest BCUT2D eigenvalue weighted by Crippen LogP contribution is -2.01. The Bertz CT molecular complexity index is 940. The number of hydrogen-bond donors (Lipinski definition) is 0. The molecule has 140 valence electrons. The fourth-order valence-corrected chi connectivity index (χ4v) is 3.15. The summed E-state index contributed by atoms with van der Waals surface area (Å²) in [5.41, 5.74) is 2.31. The van der Waals surface area contributed by atoms with Crippen LogP contribution in [0.2, 0.25) is 10.0 Å². The summed E-state index contributed by atoms with van der Waals surface area (Å²) in [6.07, 6.45) is 1.70. The molecule has 0 radical (unpaired) electrons. The highest BCUT2D eigenvalue weighted by Gasteiger charge is 2.17. The van der Waals surface area contributed by atoms with Gasteiger partial charge in [0, 0.05) is 21.2 Å². The maximum absolute atomic E-state index is 14.5. The topological polar surface area (TPSA) is 9.23 Å². The van der Waals surface area contributed by atoms with Crippen molar-refractivity contribution in [1.82, 2.24) is 0 Å². The maximum Gasteiger partial charge on any atom is 0.201 e. The smallest absolute Gasteiger partial charge is 0.201 e. The van der Waals surface area contributed by atoms with E-state index in [-0.39, 0.29) is 11.3 Å². The highest BCUT2D eigenvalue weighted by Crippen LogP contribution is 2.35. The van der Waals surface area contributed by atoms with E-state index in [9.17, 15) is 8.78 Å². The first kappa shape index (κ1) is 19.7. The Kier molecular flexibility index (Phi) is 6.35. The molecule has 0 heterocycles. The van der Waals surface area contributed by atoms with Crippen LogP contribution >= 0.6 is 23.2 Å². The van der Waals surface area contributed by atoms with E-state index in [1.54, 1.807) is 30.3 Å². The molecule has 0 aromatic heterocycles. The molecular formula is C22H18Cl2F2O. The van der Waals surface area contributed by atoms with Crippen molar-refractivity contribution in [3.63, 3.8) is 0 Å². The van der Waals surface area contributed by atoms with Crippen molar-refractivity contribution in [3.05, 3.63) is 76.3 Å². The molecule has 0 amide bonds. The Morgan fingerprint density at radius 3 is 2.15 bits per heavy atom. The molecule has 5 heteroatoms. The minimum Gasteiger partial charge on any atom is -0.490 e. The molecule has 0 saturated heterocycles. The van der Waals surface area contributed by atoms with E-state index in [1.165, 1.54) is 12.1 Å². The minimum absolute atomic E-state index is 0.0754. The molecule has 0 saturated carbocycles. The van der Waals surface area contributed by atoms with Crippen molar-refractivity contribution in [2.24, 2.45) is 0 Å². The van der Waals surface area contributed by atoms with Gasteiger partial charge in [0.1, 0.15) is 0 Å². The average molecular weight is 407 g/mol. The molecule has 0 N–H and O–H groups in total. The molecule has 0 unspecified atom stereocenters. The Morgan fingerprint density at radius 1 is 0.815 bits per heavy atom. The van der Waals surface area contributed by atoms with Gasteiger partial charge in [-0.1, -0.05) is 60.8 Å². The highest BCUT2D eigenvalue weighted by molar-refractivity contribution is 6.33. The lowest BCUT2D eigenvalue weighted by Gasteiger charge is -2.12. The van der Waals surface area contributed by atoms with E-state index in [0.717, 1.165) is 24.0 Å². The number of rotatable bonds is 6. The third-order valence-electron chi connectivity index (χ3n) is 4.24. The largest absolute Gasteiger partial charge is 0.490 e. The van der Waals surface area contributed by atoms with E-state index < -0.39 is 11.6 Å². The van der Waals surface area contributed by atoms with E-state index in [2.05, 4.69) is 0 Å². The summed E-state index contributed by atoms with van der Waals surface area (Å²) in [5.74, 6) is -2.01. The predicted octanol–water partition coefficient (Wildman–Crippen LogP) is 7.78. The zero-order valence-electron chi connectivity index (χ0n) is 14.7. The molecule has 0 aliphatic rings. The number of hydrogen-bond acceptors (Lipinski definition) is 1.